The van der Waals surface area contributed by atoms with Gasteiger partial charge in [0, 0.05) is 11.6 Å². The molecule has 0 unspecified atom stereocenters. The maximum absolute atomic E-state index is 14.8. The maximum atomic E-state index is 14.8. The van der Waals surface area contributed by atoms with Crippen LogP contribution in [0.4, 0.5) is 9.18 Å². The summed E-state index contributed by atoms with van der Waals surface area (Å²) in [6, 6.07) is 5.41. The van der Waals surface area contributed by atoms with Gasteiger partial charge in [-0.1, -0.05) is 11.6 Å². The van der Waals surface area contributed by atoms with Crippen LogP contribution in [0.2, 0.25) is 5.02 Å². The smallest absolute Gasteiger partial charge is 0.407 e. The summed E-state index contributed by atoms with van der Waals surface area (Å²) in [5.74, 6) is -0.334. The highest BCUT2D eigenvalue weighted by Gasteiger charge is 2.25. The van der Waals surface area contributed by atoms with E-state index in [-0.39, 0.29) is 17.4 Å². The van der Waals surface area contributed by atoms with Crippen LogP contribution in [0.15, 0.2) is 24.4 Å². The molecule has 8 nitrogen and oxygen atoms in total. The molecule has 2 aromatic heterocycles. The van der Waals surface area contributed by atoms with Crippen molar-refractivity contribution < 1.29 is 23.4 Å². The van der Waals surface area contributed by atoms with E-state index in [0.717, 1.165) is 11.1 Å². The normalized spacial score (nSPS) is 15.8. The van der Waals surface area contributed by atoms with Crippen molar-refractivity contribution in [2.75, 3.05) is 20.3 Å². The Morgan fingerprint density at radius 1 is 1.31 bits per heavy atom. The molecule has 164 valence electrons. The number of alkyl carbamates (subject to hydrolysis) is 1. The molecule has 1 aliphatic heterocycles. The van der Waals surface area contributed by atoms with Gasteiger partial charge in [0.1, 0.15) is 22.2 Å². The topological polar surface area (TPSA) is 95.5 Å². The summed E-state index contributed by atoms with van der Waals surface area (Å²) < 4.78 is 31.2. The van der Waals surface area contributed by atoms with Gasteiger partial charge >= 0.3 is 6.09 Å². The van der Waals surface area contributed by atoms with Crippen LogP contribution in [0.3, 0.4) is 0 Å². The Balaban J connectivity index is 1.55. The van der Waals surface area contributed by atoms with Gasteiger partial charge in [-0.05, 0) is 24.6 Å². The first-order chi connectivity index (χ1) is 15.4. The van der Waals surface area contributed by atoms with Crippen molar-refractivity contribution in [3.05, 3.63) is 40.8 Å². The number of nitrogens with one attached hydrogen (secondary N) is 1. The van der Waals surface area contributed by atoms with E-state index in [0.29, 0.717) is 38.7 Å². The highest BCUT2D eigenvalue weighted by molar-refractivity contribution is 7.21. The van der Waals surface area contributed by atoms with E-state index in [1.54, 1.807) is 6.07 Å². The first-order valence-corrected chi connectivity index (χ1v) is 10.8. The number of methoxy groups -OCH3 is 1. The molecule has 11 heteroatoms. The molecule has 1 fully saturated rings. The third-order valence-electron chi connectivity index (χ3n) is 4.91. The van der Waals surface area contributed by atoms with Crippen molar-refractivity contribution in [3.8, 4) is 22.2 Å². The second kappa shape index (κ2) is 8.03. The summed E-state index contributed by atoms with van der Waals surface area (Å²) in [7, 11) is 1.53. The van der Waals surface area contributed by atoms with E-state index in [2.05, 4.69) is 20.3 Å². The minimum atomic E-state index is -0.716. The standard InChI is InChI=1S/C21H16ClFN4O4S/c1-9-3-11(18-12(4-9)26-15(29-2)7-24-18)20-27-19-14(32-20)5-13(17(23)16(19)22)30-8-10-6-25-21(28)31-10/h3-5,7,10H,6,8H2,1-2H3,(H,25,28)/t10-/m1/s1. The Kier molecular flexibility index (Phi) is 5.18. The van der Waals surface area contributed by atoms with Crippen LogP contribution < -0.4 is 14.8 Å². The Morgan fingerprint density at radius 3 is 2.91 bits per heavy atom. The van der Waals surface area contributed by atoms with Crippen molar-refractivity contribution in [2.45, 2.75) is 13.0 Å². The fourth-order valence-electron chi connectivity index (χ4n) is 3.42. The predicted molar refractivity (Wildman–Crippen MR) is 118 cm³/mol. The number of benzene rings is 2. The zero-order chi connectivity index (χ0) is 22.4. The number of amides is 1. The van der Waals surface area contributed by atoms with Crippen molar-refractivity contribution in [1.82, 2.24) is 20.3 Å². The molecule has 0 spiro atoms. The van der Waals surface area contributed by atoms with Gasteiger partial charge in [-0.15, -0.1) is 11.3 Å². The van der Waals surface area contributed by atoms with E-state index in [1.807, 2.05) is 19.1 Å². The van der Waals surface area contributed by atoms with Crippen LogP contribution >= 0.6 is 22.9 Å². The molecule has 0 saturated carbocycles. The Labute approximate surface area is 190 Å². The first-order valence-electron chi connectivity index (χ1n) is 9.60. The molecular weight excluding hydrogens is 459 g/mol. The molecule has 0 bridgehead atoms. The molecule has 1 amide bonds. The lowest BCUT2D eigenvalue weighted by Crippen LogP contribution is -2.22. The van der Waals surface area contributed by atoms with Gasteiger partial charge in [-0.2, -0.15) is 0 Å². The van der Waals surface area contributed by atoms with Gasteiger partial charge in [0.05, 0.1) is 35.6 Å². The van der Waals surface area contributed by atoms with Crippen LogP contribution in [0.5, 0.6) is 11.6 Å². The second-order valence-corrected chi connectivity index (χ2v) is 8.59. The molecular formula is C21H16ClFN4O4S. The highest BCUT2D eigenvalue weighted by Crippen LogP contribution is 2.40. The molecule has 0 aliphatic carbocycles. The molecule has 2 aromatic carbocycles. The summed E-state index contributed by atoms with van der Waals surface area (Å²) in [5.41, 5.74) is 3.38. The second-order valence-electron chi connectivity index (χ2n) is 7.18. The van der Waals surface area contributed by atoms with Gasteiger partial charge in [-0.3, -0.25) is 0 Å². The molecule has 32 heavy (non-hydrogen) atoms. The molecule has 1 N–H and O–H groups in total. The summed E-state index contributed by atoms with van der Waals surface area (Å²) >= 11 is 7.63. The average molecular weight is 475 g/mol. The Bertz CT molecular complexity index is 1380. The number of halogens is 2. The van der Waals surface area contributed by atoms with Crippen LogP contribution in [0.25, 0.3) is 31.8 Å². The maximum Gasteiger partial charge on any atom is 0.407 e. The van der Waals surface area contributed by atoms with E-state index < -0.39 is 18.0 Å². The number of thiazole rings is 1. The SMILES string of the molecule is COc1cnc2c(-c3nc4c(Cl)c(F)c(OC[C@H]5CNC(=O)O5)cc4s3)cc(C)cc2n1. The predicted octanol–water partition coefficient (Wildman–Crippen LogP) is 4.50. The van der Waals surface area contributed by atoms with Crippen molar-refractivity contribution in [1.29, 1.82) is 0 Å². The number of rotatable bonds is 5. The lowest BCUT2D eigenvalue weighted by molar-refractivity contribution is 0.103. The van der Waals surface area contributed by atoms with E-state index >= 15 is 0 Å². The number of carbonyl (C=O) groups is 1. The third-order valence-corrected chi connectivity index (χ3v) is 6.29. The quantitative estimate of drug-likeness (QED) is 0.455. The zero-order valence-corrected chi connectivity index (χ0v) is 18.5. The number of carbonyl (C=O) groups excluding carboxylic acids is 1. The number of cyclic esters (lactones) is 1. The fourth-order valence-corrected chi connectivity index (χ4v) is 4.73. The lowest BCUT2D eigenvalue weighted by atomic mass is 10.1. The van der Waals surface area contributed by atoms with E-state index in [4.69, 9.17) is 25.8 Å². The fraction of sp³-hybridized carbons (Fsp3) is 0.238. The minimum absolute atomic E-state index is 0.00307. The van der Waals surface area contributed by atoms with E-state index in [1.165, 1.54) is 24.6 Å². The number of aromatic nitrogens is 3. The van der Waals surface area contributed by atoms with Gasteiger partial charge < -0.3 is 19.5 Å². The number of nitrogens with zero attached hydrogens (tertiary/aromatic N) is 3. The molecule has 4 aromatic rings. The van der Waals surface area contributed by atoms with Gasteiger partial charge in [-0.25, -0.2) is 24.1 Å². The van der Waals surface area contributed by atoms with Gasteiger partial charge in [0.25, 0.3) is 0 Å². The van der Waals surface area contributed by atoms with Crippen molar-refractivity contribution >= 4 is 50.3 Å². The van der Waals surface area contributed by atoms with E-state index in [9.17, 15) is 9.18 Å². The molecule has 3 heterocycles. The zero-order valence-electron chi connectivity index (χ0n) is 16.9. The summed E-state index contributed by atoms with van der Waals surface area (Å²) in [6.45, 7) is 2.25. The number of ether oxygens (including phenoxy) is 3. The number of hydrogen-bond acceptors (Lipinski definition) is 8. The van der Waals surface area contributed by atoms with Crippen LogP contribution in [0.1, 0.15) is 5.56 Å². The Morgan fingerprint density at radius 2 is 2.16 bits per heavy atom. The van der Waals surface area contributed by atoms with Crippen LogP contribution in [-0.4, -0.2) is 47.4 Å². The molecule has 1 aliphatic rings. The number of aryl methyl sites for hydroxylation is 1. The summed E-state index contributed by atoms with van der Waals surface area (Å²) in [4.78, 5) is 24.7. The molecule has 1 atom stereocenters. The van der Waals surface area contributed by atoms with Crippen LogP contribution in [0, 0.1) is 12.7 Å². The lowest BCUT2D eigenvalue weighted by Gasteiger charge is -2.11. The molecule has 0 radical (unpaired) electrons. The number of hydrogen-bond donors (Lipinski definition) is 1. The number of fused-ring (bicyclic) bond motifs is 2. The third kappa shape index (κ3) is 3.65. The Hall–Kier alpha value is -3.24. The van der Waals surface area contributed by atoms with Gasteiger partial charge in [0.15, 0.2) is 17.7 Å². The minimum Gasteiger partial charge on any atom is -0.486 e. The average Bonchev–Trinajstić information content (AvgIpc) is 3.40. The summed E-state index contributed by atoms with van der Waals surface area (Å²) in [6.07, 6.45) is 0.519. The molecule has 1 saturated heterocycles. The summed E-state index contributed by atoms with van der Waals surface area (Å²) in [5, 5.41) is 3.01. The monoisotopic (exact) mass is 474 g/mol. The van der Waals surface area contributed by atoms with Gasteiger partial charge in [0.2, 0.25) is 5.88 Å². The highest BCUT2D eigenvalue weighted by atomic mass is 35.5. The largest absolute Gasteiger partial charge is 0.486 e. The van der Waals surface area contributed by atoms with Crippen molar-refractivity contribution in [3.63, 3.8) is 0 Å². The molecule has 5 rings (SSSR count). The first kappa shape index (κ1) is 20.7. The van der Waals surface area contributed by atoms with Crippen LogP contribution in [-0.2, 0) is 4.74 Å². The van der Waals surface area contributed by atoms with Crippen molar-refractivity contribution in [2.24, 2.45) is 0 Å².